The van der Waals surface area contributed by atoms with Crippen LogP contribution in [0.25, 0.3) is 0 Å². The molecule has 0 unspecified atom stereocenters. The molecule has 0 aliphatic heterocycles. The summed E-state index contributed by atoms with van der Waals surface area (Å²) < 4.78 is 27.7. The minimum absolute atomic E-state index is 0.0881. The van der Waals surface area contributed by atoms with Gasteiger partial charge in [0.25, 0.3) is 0 Å². The molecule has 0 heterocycles. The summed E-state index contributed by atoms with van der Waals surface area (Å²) in [5, 5.41) is 3.17. The van der Waals surface area contributed by atoms with E-state index in [1.54, 1.807) is 12.1 Å². The molecular formula is C20H25Cl2N3O3S2. The van der Waals surface area contributed by atoms with Crippen LogP contribution in [0.1, 0.15) is 37.5 Å². The molecule has 0 aromatic heterocycles. The maximum absolute atomic E-state index is 12.0. The van der Waals surface area contributed by atoms with E-state index in [0.717, 1.165) is 17.4 Å². The Hall–Kier alpha value is -1.61. The summed E-state index contributed by atoms with van der Waals surface area (Å²) in [5.41, 5.74) is 3.21. The molecule has 2 amide bonds. The maximum atomic E-state index is 12.0. The molecule has 0 atom stereocenters. The Morgan fingerprint density at radius 3 is 2.10 bits per heavy atom. The molecule has 3 N–H and O–H groups in total. The lowest BCUT2D eigenvalue weighted by molar-refractivity contribution is 0.246. The fourth-order valence-corrected chi connectivity index (χ4v) is 4.46. The number of anilines is 1. The molecule has 0 aliphatic carbocycles. The van der Waals surface area contributed by atoms with E-state index in [1.165, 1.54) is 17.5 Å². The van der Waals surface area contributed by atoms with E-state index in [0.29, 0.717) is 12.3 Å². The summed E-state index contributed by atoms with van der Waals surface area (Å²) in [4.78, 5) is 12.0. The van der Waals surface area contributed by atoms with Gasteiger partial charge in [0, 0.05) is 12.3 Å². The number of rotatable bonds is 7. The summed E-state index contributed by atoms with van der Waals surface area (Å²) in [6, 6.07) is 11.0. The van der Waals surface area contributed by atoms with E-state index in [9.17, 15) is 13.2 Å². The number of urea groups is 1. The Morgan fingerprint density at radius 1 is 1.03 bits per heavy atom. The van der Waals surface area contributed by atoms with Crippen molar-refractivity contribution in [2.45, 2.75) is 38.5 Å². The Bertz CT molecular complexity index is 982. The summed E-state index contributed by atoms with van der Waals surface area (Å²) in [6.07, 6.45) is 1.02. The molecule has 0 saturated heterocycles. The minimum Gasteiger partial charge on any atom is -0.333 e. The van der Waals surface area contributed by atoms with Crippen LogP contribution in [0, 0.1) is 0 Å². The van der Waals surface area contributed by atoms with Gasteiger partial charge in [-0.05, 0) is 46.2 Å². The molecule has 0 spiro atoms. The molecule has 0 bridgehead atoms. The van der Waals surface area contributed by atoms with Gasteiger partial charge in [0.05, 0.1) is 22.0 Å². The first-order valence-electron chi connectivity index (χ1n) is 9.06. The van der Waals surface area contributed by atoms with Gasteiger partial charge in [-0.2, -0.15) is 0 Å². The van der Waals surface area contributed by atoms with E-state index in [1.807, 2.05) is 12.1 Å². The second-order valence-electron chi connectivity index (χ2n) is 7.83. The van der Waals surface area contributed by atoms with Gasteiger partial charge >= 0.3 is 6.03 Å². The molecule has 30 heavy (non-hydrogen) atoms. The van der Waals surface area contributed by atoms with Crippen molar-refractivity contribution in [1.82, 2.24) is 10.0 Å². The van der Waals surface area contributed by atoms with Crippen molar-refractivity contribution in [1.29, 1.82) is 0 Å². The first-order chi connectivity index (χ1) is 13.8. The van der Waals surface area contributed by atoms with E-state index in [2.05, 4.69) is 47.7 Å². The number of benzene rings is 2. The number of amides is 2. The lowest BCUT2D eigenvalue weighted by Crippen LogP contribution is -2.30. The van der Waals surface area contributed by atoms with Crippen molar-refractivity contribution in [2.75, 3.05) is 11.0 Å². The number of halogens is 2. The molecule has 0 aliphatic rings. The molecule has 2 aromatic rings. The molecule has 164 valence electrons. The van der Waals surface area contributed by atoms with Crippen LogP contribution < -0.4 is 14.8 Å². The summed E-state index contributed by atoms with van der Waals surface area (Å²) in [7, 11) is -3.49. The standard InChI is InChI=1S/C20H25Cl2N3O3S2/c1-20(2,3)15-7-5-13(6-8-15)11-23-19(26)24-29-12-14-9-16(21)18(17(22)10-14)25-30(4,27)28/h5-10,25H,11-12H2,1-4H3,(H2,23,24,26). The summed E-state index contributed by atoms with van der Waals surface area (Å²) in [5.74, 6) is 0.409. The third-order valence-electron chi connectivity index (χ3n) is 4.07. The Kier molecular flexibility index (Phi) is 8.33. The first-order valence-corrected chi connectivity index (χ1v) is 12.7. The van der Waals surface area contributed by atoms with Gasteiger partial charge in [-0.25, -0.2) is 13.2 Å². The minimum atomic E-state index is -3.49. The van der Waals surface area contributed by atoms with Gasteiger partial charge in [0.2, 0.25) is 10.0 Å². The lowest BCUT2D eigenvalue weighted by Gasteiger charge is -2.19. The van der Waals surface area contributed by atoms with Gasteiger partial charge in [0.15, 0.2) is 0 Å². The molecule has 2 aromatic carbocycles. The fraction of sp³-hybridized carbons (Fsp3) is 0.350. The van der Waals surface area contributed by atoms with Crippen molar-refractivity contribution >= 4 is 56.9 Å². The zero-order valence-electron chi connectivity index (χ0n) is 17.2. The van der Waals surface area contributed by atoms with Crippen LogP contribution in [0.4, 0.5) is 10.5 Å². The largest absolute Gasteiger partial charge is 0.333 e. The van der Waals surface area contributed by atoms with E-state index < -0.39 is 10.0 Å². The number of carbonyl (C=O) groups excluding carboxylic acids is 1. The fourth-order valence-electron chi connectivity index (χ4n) is 2.52. The van der Waals surface area contributed by atoms with Crippen molar-refractivity contribution in [2.24, 2.45) is 0 Å². The number of nitrogens with one attached hydrogen (secondary N) is 3. The highest BCUT2D eigenvalue weighted by Gasteiger charge is 2.14. The average molecular weight is 490 g/mol. The quantitative estimate of drug-likeness (QED) is 0.459. The number of hydrogen-bond acceptors (Lipinski definition) is 4. The highest BCUT2D eigenvalue weighted by atomic mass is 35.5. The molecule has 6 nitrogen and oxygen atoms in total. The Labute approximate surface area is 192 Å². The Morgan fingerprint density at radius 2 is 1.60 bits per heavy atom. The summed E-state index contributed by atoms with van der Waals surface area (Å²) >= 11 is 13.4. The Balaban J connectivity index is 1.83. The van der Waals surface area contributed by atoms with Crippen molar-refractivity contribution in [3.8, 4) is 0 Å². The van der Waals surface area contributed by atoms with Crippen LogP contribution in [-0.4, -0.2) is 20.7 Å². The van der Waals surface area contributed by atoms with Crippen LogP contribution in [-0.2, 0) is 27.7 Å². The van der Waals surface area contributed by atoms with E-state index in [-0.39, 0.29) is 27.2 Å². The molecule has 0 fully saturated rings. The van der Waals surface area contributed by atoms with Crippen LogP contribution >= 0.6 is 35.1 Å². The van der Waals surface area contributed by atoms with Gasteiger partial charge in [0.1, 0.15) is 0 Å². The maximum Gasteiger partial charge on any atom is 0.325 e. The molecule has 0 saturated carbocycles. The number of sulfonamides is 1. The van der Waals surface area contributed by atoms with Crippen molar-refractivity contribution in [3.05, 3.63) is 63.1 Å². The average Bonchev–Trinajstić information content (AvgIpc) is 2.62. The van der Waals surface area contributed by atoms with Crippen LogP contribution in [0.3, 0.4) is 0 Å². The van der Waals surface area contributed by atoms with Crippen LogP contribution in [0.5, 0.6) is 0 Å². The normalized spacial score (nSPS) is 11.8. The van der Waals surface area contributed by atoms with Gasteiger partial charge in [-0.15, -0.1) is 0 Å². The predicted molar refractivity (Wildman–Crippen MR) is 127 cm³/mol. The SMILES string of the molecule is CC(C)(C)c1ccc(CNC(=O)NSCc2cc(Cl)c(NS(C)(=O)=O)c(Cl)c2)cc1. The lowest BCUT2D eigenvalue weighted by atomic mass is 9.87. The zero-order chi connectivity index (χ0) is 22.5. The molecule has 2 rings (SSSR count). The summed E-state index contributed by atoms with van der Waals surface area (Å²) in [6.45, 7) is 6.88. The topological polar surface area (TPSA) is 87.3 Å². The van der Waals surface area contributed by atoms with Crippen LogP contribution in [0.2, 0.25) is 10.0 Å². The first kappa shape index (κ1) is 24.7. The number of hydrogen-bond donors (Lipinski definition) is 3. The van der Waals surface area contributed by atoms with Crippen LogP contribution in [0.15, 0.2) is 36.4 Å². The van der Waals surface area contributed by atoms with Gasteiger partial charge in [-0.1, -0.05) is 68.2 Å². The van der Waals surface area contributed by atoms with Crippen molar-refractivity contribution in [3.63, 3.8) is 0 Å². The van der Waals surface area contributed by atoms with Gasteiger partial charge < -0.3 is 5.32 Å². The smallest absolute Gasteiger partial charge is 0.325 e. The predicted octanol–water partition coefficient (Wildman–Crippen LogP) is 5.31. The van der Waals surface area contributed by atoms with Crippen molar-refractivity contribution < 1.29 is 13.2 Å². The third kappa shape index (κ3) is 7.91. The highest BCUT2D eigenvalue weighted by molar-refractivity contribution is 7.97. The zero-order valence-corrected chi connectivity index (χ0v) is 20.3. The number of carbonyl (C=O) groups is 1. The van der Waals surface area contributed by atoms with Gasteiger partial charge in [-0.3, -0.25) is 9.44 Å². The molecule has 10 heteroatoms. The monoisotopic (exact) mass is 489 g/mol. The second-order valence-corrected chi connectivity index (χ2v) is 11.2. The second kappa shape index (κ2) is 10.1. The molecular weight excluding hydrogens is 465 g/mol. The van der Waals surface area contributed by atoms with E-state index in [4.69, 9.17) is 23.2 Å². The molecule has 0 radical (unpaired) electrons. The third-order valence-corrected chi connectivity index (χ3v) is 6.04. The van der Waals surface area contributed by atoms with E-state index >= 15 is 0 Å². The highest BCUT2D eigenvalue weighted by Crippen LogP contribution is 2.33.